The average molecular weight is 264 g/mol. The number of carbonyl (C=O) groups is 2. The van der Waals surface area contributed by atoms with Gasteiger partial charge in [0, 0.05) is 20.0 Å². The monoisotopic (exact) mass is 264 g/mol. The molecule has 5 nitrogen and oxygen atoms in total. The molecule has 0 fully saturated rings. The highest BCUT2D eigenvalue weighted by Gasteiger charge is 1.88. The SMILES string of the molecule is CC(C)O.CCCCOC(C)=O.CCOC(C)=O. The first-order chi connectivity index (χ1) is 8.27. The van der Waals surface area contributed by atoms with Crippen LogP contribution in [-0.2, 0) is 19.1 Å². The van der Waals surface area contributed by atoms with Crippen molar-refractivity contribution < 1.29 is 24.2 Å². The summed E-state index contributed by atoms with van der Waals surface area (Å²) in [6.45, 7) is 11.2. The fourth-order valence-electron chi connectivity index (χ4n) is 0.563. The molecular weight excluding hydrogens is 236 g/mol. The van der Waals surface area contributed by atoms with Crippen molar-refractivity contribution in [1.29, 1.82) is 0 Å². The molecule has 0 radical (unpaired) electrons. The van der Waals surface area contributed by atoms with Crippen LogP contribution in [0.5, 0.6) is 0 Å². The molecule has 0 atom stereocenters. The van der Waals surface area contributed by atoms with Crippen molar-refractivity contribution in [3.8, 4) is 0 Å². The minimum absolute atomic E-state index is 0.167. The van der Waals surface area contributed by atoms with Crippen LogP contribution in [0, 0.1) is 0 Å². The average Bonchev–Trinajstić information content (AvgIpc) is 2.17. The summed E-state index contributed by atoms with van der Waals surface area (Å²) in [5.74, 6) is -0.393. The van der Waals surface area contributed by atoms with Gasteiger partial charge in [-0.2, -0.15) is 0 Å². The lowest BCUT2D eigenvalue weighted by Gasteiger charge is -1.96. The second kappa shape index (κ2) is 18.3. The fourth-order valence-corrected chi connectivity index (χ4v) is 0.563. The van der Waals surface area contributed by atoms with Gasteiger partial charge in [-0.3, -0.25) is 9.59 Å². The fraction of sp³-hybridized carbons (Fsp3) is 0.846. The molecule has 0 aromatic heterocycles. The molecule has 18 heavy (non-hydrogen) atoms. The van der Waals surface area contributed by atoms with Crippen LogP contribution in [0.1, 0.15) is 54.4 Å². The first-order valence-corrected chi connectivity index (χ1v) is 6.22. The molecule has 0 aromatic rings. The van der Waals surface area contributed by atoms with Crippen LogP contribution < -0.4 is 0 Å². The Hall–Kier alpha value is -1.10. The van der Waals surface area contributed by atoms with E-state index in [9.17, 15) is 9.59 Å². The van der Waals surface area contributed by atoms with E-state index < -0.39 is 0 Å². The number of esters is 2. The lowest BCUT2D eigenvalue weighted by Crippen LogP contribution is -1.99. The van der Waals surface area contributed by atoms with E-state index >= 15 is 0 Å². The standard InChI is InChI=1S/C6H12O2.C4H8O2.C3H8O/c1-3-4-5-8-6(2)7;1-3-6-4(2)5;1-3(2)4/h3-5H2,1-2H3;3H2,1-2H3;3-4H,1-2H3. The molecule has 0 rings (SSSR count). The number of aliphatic hydroxyl groups is 1. The van der Waals surface area contributed by atoms with Gasteiger partial charge in [-0.05, 0) is 27.2 Å². The van der Waals surface area contributed by atoms with Gasteiger partial charge in [-0.1, -0.05) is 13.3 Å². The van der Waals surface area contributed by atoms with E-state index in [2.05, 4.69) is 16.4 Å². The van der Waals surface area contributed by atoms with Gasteiger partial charge < -0.3 is 14.6 Å². The van der Waals surface area contributed by atoms with Crippen molar-refractivity contribution in [2.45, 2.75) is 60.5 Å². The van der Waals surface area contributed by atoms with Crippen molar-refractivity contribution in [2.24, 2.45) is 0 Å². The summed E-state index contributed by atoms with van der Waals surface area (Å²) in [6.07, 6.45) is 1.88. The van der Waals surface area contributed by atoms with Crippen molar-refractivity contribution in [3.63, 3.8) is 0 Å². The van der Waals surface area contributed by atoms with Gasteiger partial charge in [0.2, 0.25) is 0 Å². The topological polar surface area (TPSA) is 72.8 Å². The number of ether oxygens (including phenoxy) is 2. The van der Waals surface area contributed by atoms with Crippen LogP contribution in [0.3, 0.4) is 0 Å². The van der Waals surface area contributed by atoms with Crippen molar-refractivity contribution in [2.75, 3.05) is 13.2 Å². The number of unbranched alkanes of at least 4 members (excludes halogenated alkanes) is 1. The van der Waals surface area contributed by atoms with E-state index in [0.717, 1.165) is 12.8 Å². The Morgan fingerprint density at radius 2 is 1.44 bits per heavy atom. The van der Waals surface area contributed by atoms with Gasteiger partial charge in [0.1, 0.15) is 0 Å². The Balaban J connectivity index is -0.000000200. The van der Waals surface area contributed by atoms with Crippen LogP contribution >= 0.6 is 0 Å². The summed E-state index contributed by atoms with van der Waals surface area (Å²) in [5.41, 5.74) is 0. The molecule has 0 bridgehead atoms. The third-order valence-corrected chi connectivity index (χ3v) is 1.15. The molecule has 0 aliphatic carbocycles. The maximum Gasteiger partial charge on any atom is 0.302 e. The second-order valence-corrected chi connectivity index (χ2v) is 3.71. The van der Waals surface area contributed by atoms with Crippen LogP contribution in [0.15, 0.2) is 0 Å². The third kappa shape index (κ3) is 60.5. The number of rotatable bonds is 4. The summed E-state index contributed by atoms with van der Waals surface area (Å²) in [5, 5.41) is 8.06. The van der Waals surface area contributed by atoms with Gasteiger partial charge in [-0.25, -0.2) is 0 Å². The highest BCUT2D eigenvalue weighted by Crippen LogP contribution is 1.86. The summed E-state index contributed by atoms with van der Waals surface area (Å²) < 4.78 is 9.05. The number of carbonyl (C=O) groups excluding carboxylic acids is 2. The zero-order valence-corrected chi connectivity index (χ0v) is 12.5. The molecule has 0 saturated carbocycles. The number of hydrogen-bond acceptors (Lipinski definition) is 5. The zero-order chi connectivity index (χ0) is 15.0. The van der Waals surface area contributed by atoms with Gasteiger partial charge in [0.05, 0.1) is 13.2 Å². The zero-order valence-electron chi connectivity index (χ0n) is 12.5. The Morgan fingerprint density at radius 1 is 1.06 bits per heavy atom. The molecule has 1 N–H and O–H groups in total. The highest BCUT2D eigenvalue weighted by molar-refractivity contribution is 5.66. The molecule has 0 amide bonds. The molecular formula is C13H28O5. The van der Waals surface area contributed by atoms with E-state index in [4.69, 9.17) is 5.11 Å². The van der Waals surface area contributed by atoms with E-state index in [-0.39, 0.29) is 18.0 Å². The van der Waals surface area contributed by atoms with E-state index in [1.807, 2.05) is 0 Å². The molecule has 0 saturated heterocycles. The molecule has 0 spiro atoms. The summed E-state index contributed by atoms with van der Waals surface area (Å²) in [6, 6.07) is 0. The molecule has 0 unspecified atom stereocenters. The van der Waals surface area contributed by atoms with Gasteiger partial charge >= 0.3 is 11.9 Å². The third-order valence-electron chi connectivity index (χ3n) is 1.15. The summed E-state index contributed by atoms with van der Waals surface area (Å²) in [7, 11) is 0. The van der Waals surface area contributed by atoms with E-state index in [0.29, 0.717) is 13.2 Å². The second-order valence-electron chi connectivity index (χ2n) is 3.71. The Kier molecular flexibility index (Phi) is 22.4. The molecule has 0 aliphatic rings. The van der Waals surface area contributed by atoms with Crippen LogP contribution in [0.25, 0.3) is 0 Å². The molecule has 5 heteroatoms. The normalized spacial score (nSPS) is 8.44. The molecule has 110 valence electrons. The minimum atomic E-state index is -0.211. The Morgan fingerprint density at radius 3 is 1.61 bits per heavy atom. The van der Waals surface area contributed by atoms with Crippen LogP contribution in [-0.4, -0.2) is 36.4 Å². The van der Waals surface area contributed by atoms with Gasteiger partial charge in [-0.15, -0.1) is 0 Å². The van der Waals surface area contributed by atoms with E-state index in [1.165, 1.54) is 13.8 Å². The maximum absolute atomic E-state index is 10.1. The Labute approximate surface area is 110 Å². The van der Waals surface area contributed by atoms with Gasteiger partial charge in [0.15, 0.2) is 0 Å². The van der Waals surface area contributed by atoms with Gasteiger partial charge in [0.25, 0.3) is 0 Å². The number of hydrogen-bond donors (Lipinski definition) is 1. The first kappa shape index (κ1) is 22.1. The quantitative estimate of drug-likeness (QED) is 0.623. The van der Waals surface area contributed by atoms with E-state index in [1.54, 1.807) is 20.8 Å². The van der Waals surface area contributed by atoms with Crippen LogP contribution in [0.2, 0.25) is 0 Å². The summed E-state index contributed by atoms with van der Waals surface area (Å²) >= 11 is 0. The minimum Gasteiger partial charge on any atom is -0.466 e. The lowest BCUT2D eigenvalue weighted by atomic mass is 10.4. The van der Waals surface area contributed by atoms with Crippen molar-refractivity contribution in [3.05, 3.63) is 0 Å². The summed E-state index contributed by atoms with van der Waals surface area (Å²) in [4.78, 5) is 19.9. The molecule has 0 aliphatic heterocycles. The largest absolute Gasteiger partial charge is 0.466 e. The van der Waals surface area contributed by atoms with Crippen molar-refractivity contribution in [1.82, 2.24) is 0 Å². The van der Waals surface area contributed by atoms with Crippen LogP contribution in [0.4, 0.5) is 0 Å². The lowest BCUT2D eigenvalue weighted by molar-refractivity contribution is -0.141. The molecule has 0 aromatic carbocycles. The van der Waals surface area contributed by atoms with Crippen molar-refractivity contribution >= 4 is 11.9 Å². The smallest absolute Gasteiger partial charge is 0.302 e. The predicted octanol–water partition coefficient (Wildman–Crippen LogP) is 2.31. The first-order valence-electron chi connectivity index (χ1n) is 6.22. The maximum atomic E-state index is 10.1. The Bertz CT molecular complexity index is 187. The predicted molar refractivity (Wildman–Crippen MR) is 71.2 cm³/mol. The molecule has 0 heterocycles. The highest BCUT2D eigenvalue weighted by atomic mass is 16.5. The number of aliphatic hydroxyl groups excluding tert-OH is 1.